The lowest BCUT2D eigenvalue weighted by Crippen LogP contribution is -1.91. The summed E-state index contributed by atoms with van der Waals surface area (Å²) in [6.07, 6.45) is 5.53. The molecule has 0 atom stereocenters. The van der Waals surface area contributed by atoms with Gasteiger partial charge in [0.25, 0.3) is 0 Å². The minimum Gasteiger partial charge on any atom is -0.255 e. The second-order valence-corrected chi connectivity index (χ2v) is 7.17. The first-order chi connectivity index (χ1) is 11.8. The predicted molar refractivity (Wildman–Crippen MR) is 105 cm³/mol. The molecule has 122 valence electrons. The Labute approximate surface area is 153 Å². The number of aryl methyl sites for hydroxylation is 1. The number of pyridine rings is 1. The summed E-state index contributed by atoms with van der Waals surface area (Å²) in [5.41, 5.74) is 5.99. The molecular weight excluding hydrogens is 384 g/mol. The Balaban J connectivity index is 1.80. The number of benzene rings is 1. The highest BCUT2D eigenvalue weighted by molar-refractivity contribution is 9.10. The fraction of sp³-hybridized carbons (Fsp3) is 0.167. The summed E-state index contributed by atoms with van der Waals surface area (Å²) >= 11 is 5.12. The third kappa shape index (κ3) is 4.27. The first kappa shape index (κ1) is 16.8. The van der Waals surface area contributed by atoms with Crippen molar-refractivity contribution in [2.75, 3.05) is 5.43 Å². The van der Waals surface area contributed by atoms with Gasteiger partial charge in [0.05, 0.1) is 17.6 Å². The molecule has 1 aromatic carbocycles. The van der Waals surface area contributed by atoms with Crippen LogP contribution in [0.4, 0.5) is 5.13 Å². The molecule has 1 N–H and O–H groups in total. The molecular formula is C18H17BrN4S. The smallest absolute Gasteiger partial charge is 0.204 e. The molecule has 24 heavy (non-hydrogen) atoms. The van der Waals surface area contributed by atoms with Crippen LogP contribution in [0.1, 0.15) is 23.9 Å². The Morgan fingerprint density at radius 3 is 2.75 bits per heavy atom. The standard InChI is InChI=1S/C18H17BrN4S/c1-2-5-16-17(13-7-9-14(19)10-8-13)22-18(24-16)23-21-12-15-6-3-4-11-20-15/h3-4,6-12H,2,5H2,1H3,(H,22,23)/b21-12-. The lowest BCUT2D eigenvalue weighted by molar-refractivity contribution is 0.938. The maximum absolute atomic E-state index is 4.72. The monoisotopic (exact) mass is 400 g/mol. The summed E-state index contributed by atoms with van der Waals surface area (Å²) in [5, 5.41) is 5.03. The highest BCUT2D eigenvalue weighted by Crippen LogP contribution is 2.32. The van der Waals surface area contributed by atoms with E-state index in [1.54, 1.807) is 23.7 Å². The number of nitrogens with zero attached hydrogens (tertiary/aromatic N) is 3. The van der Waals surface area contributed by atoms with Gasteiger partial charge < -0.3 is 0 Å². The molecule has 0 amide bonds. The highest BCUT2D eigenvalue weighted by Gasteiger charge is 2.12. The van der Waals surface area contributed by atoms with Gasteiger partial charge in [-0.25, -0.2) is 4.98 Å². The Kier molecular flexibility index (Phi) is 5.72. The van der Waals surface area contributed by atoms with Crippen molar-refractivity contribution in [1.82, 2.24) is 9.97 Å². The van der Waals surface area contributed by atoms with E-state index in [2.05, 4.69) is 50.5 Å². The zero-order chi connectivity index (χ0) is 16.8. The number of halogens is 1. The van der Waals surface area contributed by atoms with E-state index in [1.807, 2.05) is 30.3 Å². The van der Waals surface area contributed by atoms with Gasteiger partial charge in [-0.05, 0) is 30.7 Å². The van der Waals surface area contributed by atoms with Gasteiger partial charge in [-0.3, -0.25) is 10.4 Å². The molecule has 0 saturated heterocycles. The van der Waals surface area contributed by atoms with Crippen LogP contribution in [-0.4, -0.2) is 16.2 Å². The molecule has 0 aliphatic carbocycles. The average molecular weight is 401 g/mol. The summed E-state index contributed by atoms with van der Waals surface area (Å²) < 4.78 is 1.07. The molecule has 0 aliphatic rings. The number of anilines is 1. The average Bonchev–Trinajstić information content (AvgIpc) is 3.00. The first-order valence-corrected chi connectivity index (χ1v) is 9.33. The van der Waals surface area contributed by atoms with E-state index in [0.717, 1.165) is 39.4 Å². The lowest BCUT2D eigenvalue weighted by Gasteiger charge is -2.01. The van der Waals surface area contributed by atoms with E-state index in [0.29, 0.717) is 0 Å². The van der Waals surface area contributed by atoms with Crippen molar-refractivity contribution in [3.05, 3.63) is 63.7 Å². The van der Waals surface area contributed by atoms with Crippen LogP contribution in [0.15, 0.2) is 58.2 Å². The molecule has 6 heteroatoms. The molecule has 3 aromatic rings. The molecule has 0 radical (unpaired) electrons. The number of hydrogen-bond acceptors (Lipinski definition) is 5. The zero-order valence-corrected chi connectivity index (χ0v) is 15.6. The van der Waals surface area contributed by atoms with Crippen molar-refractivity contribution < 1.29 is 0 Å². The third-order valence-electron chi connectivity index (χ3n) is 3.34. The van der Waals surface area contributed by atoms with Crippen molar-refractivity contribution in [2.24, 2.45) is 5.10 Å². The Bertz CT molecular complexity index is 813. The maximum atomic E-state index is 4.72. The molecule has 3 rings (SSSR count). The van der Waals surface area contributed by atoms with Crippen LogP contribution in [0, 0.1) is 0 Å². The molecule has 0 unspecified atom stereocenters. The topological polar surface area (TPSA) is 50.2 Å². The van der Waals surface area contributed by atoms with Crippen LogP contribution >= 0.6 is 27.3 Å². The molecule has 2 heterocycles. The fourth-order valence-electron chi connectivity index (χ4n) is 2.24. The summed E-state index contributed by atoms with van der Waals surface area (Å²) in [5.74, 6) is 0. The third-order valence-corrected chi connectivity index (χ3v) is 4.89. The Morgan fingerprint density at radius 2 is 2.04 bits per heavy atom. The van der Waals surface area contributed by atoms with Crippen LogP contribution < -0.4 is 5.43 Å². The van der Waals surface area contributed by atoms with Crippen LogP contribution in [0.2, 0.25) is 0 Å². The lowest BCUT2D eigenvalue weighted by atomic mass is 10.1. The molecule has 0 bridgehead atoms. The molecule has 2 aromatic heterocycles. The predicted octanol–water partition coefficient (Wildman–Crippen LogP) is 5.37. The van der Waals surface area contributed by atoms with Crippen molar-refractivity contribution in [2.45, 2.75) is 19.8 Å². The largest absolute Gasteiger partial charge is 0.255 e. The quantitative estimate of drug-likeness (QED) is 0.447. The van der Waals surface area contributed by atoms with Gasteiger partial charge in [0.2, 0.25) is 5.13 Å². The Hall–Kier alpha value is -2.05. The second kappa shape index (κ2) is 8.17. The summed E-state index contributed by atoms with van der Waals surface area (Å²) in [7, 11) is 0. The number of thiazole rings is 1. The fourth-order valence-corrected chi connectivity index (χ4v) is 3.53. The number of hydrazone groups is 1. The van der Waals surface area contributed by atoms with E-state index in [4.69, 9.17) is 4.98 Å². The van der Waals surface area contributed by atoms with E-state index >= 15 is 0 Å². The summed E-state index contributed by atoms with van der Waals surface area (Å²) in [6, 6.07) is 14.0. The van der Waals surface area contributed by atoms with Crippen LogP contribution in [0.3, 0.4) is 0 Å². The van der Waals surface area contributed by atoms with Crippen molar-refractivity contribution >= 4 is 38.6 Å². The van der Waals surface area contributed by atoms with Gasteiger partial charge in [0, 0.05) is 21.1 Å². The van der Waals surface area contributed by atoms with Gasteiger partial charge >= 0.3 is 0 Å². The van der Waals surface area contributed by atoms with Gasteiger partial charge in [0.15, 0.2) is 0 Å². The molecule has 0 saturated carbocycles. The van der Waals surface area contributed by atoms with Gasteiger partial charge in [-0.2, -0.15) is 5.10 Å². The van der Waals surface area contributed by atoms with E-state index in [9.17, 15) is 0 Å². The SMILES string of the molecule is CCCc1sc(N/N=C\c2ccccn2)nc1-c1ccc(Br)cc1. The highest BCUT2D eigenvalue weighted by atomic mass is 79.9. The molecule has 4 nitrogen and oxygen atoms in total. The van der Waals surface area contributed by atoms with E-state index < -0.39 is 0 Å². The minimum absolute atomic E-state index is 0.795. The van der Waals surface area contributed by atoms with Crippen molar-refractivity contribution in [1.29, 1.82) is 0 Å². The normalized spacial score (nSPS) is 11.1. The number of hydrogen-bond donors (Lipinski definition) is 1. The number of nitrogens with one attached hydrogen (secondary N) is 1. The van der Waals surface area contributed by atoms with Gasteiger partial charge in [-0.15, -0.1) is 0 Å². The van der Waals surface area contributed by atoms with Gasteiger partial charge in [-0.1, -0.05) is 58.8 Å². The number of aromatic nitrogens is 2. The van der Waals surface area contributed by atoms with Crippen LogP contribution in [0.25, 0.3) is 11.3 Å². The Morgan fingerprint density at radius 1 is 1.21 bits per heavy atom. The van der Waals surface area contributed by atoms with E-state index in [-0.39, 0.29) is 0 Å². The van der Waals surface area contributed by atoms with Crippen molar-refractivity contribution in [3.8, 4) is 11.3 Å². The molecule has 0 fully saturated rings. The molecule has 0 spiro atoms. The van der Waals surface area contributed by atoms with Gasteiger partial charge in [0.1, 0.15) is 0 Å². The van der Waals surface area contributed by atoms with E-state index in [1.165, 1.54) is 4.88 Å². The number of rotatable bonds is 6. The zero-order valence-electron chi connectivity index (χ0n) is 13.2. The van der Waals surface area contributed by atoms with Crippen molar-refractivity contribution in [3.63, 3.8) is 0 Å². The minimum atomic E-state index is 0.795. The second-order valence-electron chi connectivity index (χ2n) is 5.17. The maximum Gasteiger partial charge on any atom is 0.204 e. The first-order valence-electron chi connectivity index (χ1n) is 7.72. The van der Waals surface area contributed by atoms with Crippen LogP contribution in [0.5, 0.6) is 0 Å². The summed E-state index contributed by atoms with van der Waals surface area (Å²) in [6.45, 7) is 2.18. The molecule has 0 aliphatic heterocycles. The summed E-state index contributed by atoms with van der Waals surface area (Å²) in [4.78, 5) is 10.2. The van der Waals surface area contributed by atoms with Crippen LogP contribution in [-0.2, 0) is 6.42 Å².